The summed E-state index contributed by atoms with van der Waals surface area (Å²) in [5.74, 6) is 0.548. The van der Waals surface area contributed by atoms with Crippen molar-refractivity contribution >= 4 is 44.4 Å². The quantitative estimate of drug-likeness (QED) is 0.195. The van der Waals surface area contributed by atoms with Crippen molar-refractivity contribution in [2.75, 3.05) is 33.4 Å². The number of aromatic nitrogens is 3. The molecule has 0 spiro atoms. The maximum absolute atomic E-state index is 14.5. The van der Waals surface area contributed by atoms with Crippen molar-refractivity contribution in [2.45, 2.75) is 102 Å². The van der Waals surface area contributed by atoms with Crippen LogP contribution in [0.25, 0.3) is 33.8 Å². The number of rotatable bonds is 9. The summed E-state index contributed by atoms with van der Waals surface area (Å²) in [5.41, 5.74) is 9.54. The number of allylic oxidation sites excluding steroid dienone is 1. The zero-order chi connectivity index (χ0) is 37.7. The molecular formula is C42H51N5O6S. The Hall–Kier alpha value is -4.42. The van der Waals surface area contributed by atoms with Gasteiger partial charge in [-0.2, -0.15) is 5.10 Å². The van der Waals surface area contributed by atoms with Gasteiger partial charge < -0.3 is 18.9 Å². The second kappa shape index (κ2) is 14.7. The first kappa shape index (κ1) is 36.6. The van der Waals surface area contributed by atoms with Gasteiger partial charge in [0.25, 0.3) is 5.91 Å². The van der Waals surface area contributed by atoms with Crippen LogP contribution in [0.3, 0.4) is 0 Å². The highest BCUT2D eigenvalue weighted by atomic mass is 32.2. The largest absolute Gasteiger partial charge is 0.497 e. The van der Waals surface area contributed by atoms with Crippen molar-refractivity contribution in [3.05, 3.63) is 70.0 Å². The van der Waals surface area contributed by atoms with E-state index in [1.54, 1.807) is 21.0 Å². The molecule has 2 saturated carbocycles. The molecule has 3 fully saturated rings. The van der Waals surface area contributed by atoms with Crippen LogP contribution >= 0.6 is 0 Å². The third-order valence-corrected chi connectivity index (χ3v) is 13.7. The molecule has 286 valence electrons. The molecule has 0 unspecified atom stereocenters. The molecule has 11 nitrogen and oxygen atoms in total. The molecule has 8 rings (SSSR count). The Morgan fingerprint density at radius 1 is 0.981 bits per heavy atom. The van der Waals surface area contributed by atoms with Crippen LogP contribution in [0.15, 0.2) is 36.4 Å². The van der Waals surface area contributed by atoms with E-state index < -0.39 is 21.2 Å². The molecule has 1 N–H and O–H groups in total. The van der Waals surface area contributed by atoms with E-state index in [9.17, 15) is 18.0 Å². The number of methoxy groups -OCH3 is 1. The van der Waals surface area contributed by atoms with Gasteiger partial charge >= 0.3 is 0 Å². The van der Waals surface area contributed by atoms with Crippen LogP contribution in [-0.4, -0.2) is 78.1 Å². The van der Waals surface area contributed by atoms with E-state index in [-0.39, 0.29) is 18.4 Å². The molecule has 12 heteroatoms. The smallest absolute Gasteiger partial charge is 0.258 e. The summed E-state index contributed by atoms with van der Waals surface area (Å²) in [6, 6.07) is 12.6. The van der Waals surface area contributed by atoms with E-state index in [4.69, 9.17) is 14.6 Å². The van der Waals surface area contributed by atoms with Gasteiger partial charge in [0, 0.05) is 29.6 Å². The summed E-state index contributed by atoms with van der Waals surface area (Å²) in [5, 5.41) is 5.53. The van der Waals surface area contributed by atoms with Crippen molar-refractivity contribution in [1.29, 1.82) is 0 Å². The zero-order valence-corrected chi connectivity index (χ0v) is 32.6. The van der Waals surface area contributed by atoms with Crippen molar-refractivity contribution in [3.8, 4) is 17.0 Å². The van der Waals surface area contributed by atoms with E-state index in [0.717, 1.165) is 88.1 Å². The van der Waals surface area contributed by atoms with Crippen LogP contribution in [-0.2, 0) is 32.5 Å². The number of hydrogen-bond acceptors (Lipinski definition) is 7. The fourth-order valence-corrected chi connectivity index (χ4v) is 9.40. The van der Waals surface area contributed by atoms with Gasteiger partial charge in [-0.15, -0.1) is 0 Å². The minimum atomic E-state index is -3.76. The van der Waals surface area contributed by atoms with E-state index in [0.29, 0.717) is 44.3 Å². The molecule has 4 aliphatic rings. The number of ether oxygens (including phenoxy) is 2. The number of fused-ring (bicyclic) bond motifs is 5. The lowest BCUT2D eigenvalue weighted by atomic mass is 9.81. The van der Waals surface area contributed by atoms with Crippen LogP contribution in [0.1, 0.15) is 116 Å². The van der Waals surface area contributed by atoms with Crippen LogP contribution < -0.4 is 9.46 Å². The second-order valence-electron chi connectivity index (χ2n) is 15.7. The fourth-order valence-electron chi connectivity index (χ4n) is 8.77. The van der Waals surface area contributed by atoms with E-state index in [1.165, 1.54) is 24.8 Å². The number of nitrogens with one attached hydrogen (secondary N) is 1. The summed E-state index contributed by atoms with van der Waals surface area (Å²) in [4.78, 5) is 29.5. The topological polar surface area (TPSA) is 125 Å². The molecule has 1 saturated heterocycles. The van der Waals surface area contributed by atoms with Crippen LogP contribution in [0, 0.1) is 6.92 Å². The Kier molecular flexibility index (Phi) is 9.93. The van der Waals surface area contributed by atoms with Gasteiger partial charge in [0.2, 0.25) is 15.9 Å². The highest BCUT2D eigenvalue weighted by Crippen LogP contribution is 2.48. The van der Waals surface area contributed by atoms with Gasteiger partial charge in [0.15, 0.2) is 0 Å². The zero-order valence-electron chi connectivity index (χ0n) is 31.8. The molecule has 0 bridgehead atoms. The van der Waals surface area contributed by atoms with E-state index in [2.05, 4.69) is 44.3 Å². The Balaban J connectivity index is 1.34. The lowest BCUT2D eigenvalue weighted by Crippen LogP contribution is -2.41. The molecule has 2 aliphatic carbocycles. The van der Waals surface area contributed by atoms with Crippen molar-refractivity contribution < 1.29 is 27.5 Å². The first-order chi connectivity index (χ1) is 26.0. The third-order valence-electron chi connectivity index (χ3n) is 11.9. The predicted octanol–water partition coefficient (Wildman–Crippen LogP) is 7.02. The molecule has 2 aromatic heterocycles. The molecule has 0 radical (unpaired) electrons. The van der Waals surface area contributed by atoms with E-state index >= 15 is 0 Å². The first-order valence-electron chi connectivity index (χ1n) is 19.6. The van der Waals surface area contributed by atoms with Gasteiger partial charge in [-0.05, 0) is 111 Å². The van der Waals surface area contributed by atoms with Crippen LogP contribution in [0.5, 0.6) is 5.75 Å². The average Bonchev–Trinajstić information content (AvgIpc) is 3.57. The molecule has 4 heterocycles. The summed E-state index contributed by atoms with van der Waals surface area (Å²) >= 11 is 0. The maximum atomic E-state index is 14.5. The van der Waals surface area contributed by atoms with Gasteiger partial charge in [0.05, 0.1) is 67.2 Å². The number of carbonyl (C=O) groups excluding carboxylic acids is 2. The molecular weight excluding hydrogens is 703 g/mol. The summed E-state index contributed by atoms with van der Waals surface area (Å²) in [7, 11) is -2.08. The van der Waals surface area contributed by atoms with Gasteiger partial charge in [0.1, 0.15) is 5.75 Å². The SMILES string of the molecule is COc1ccc2c(c1)C=C(c1c(C(=O)N3CCOCC3)c(C)nn1C1CCC1)Cn1c-2c(C2CCCCC2)c2ccc(CC(=O)NS(=O)(=O)C(C)C)cc21. The number of morpholine rings is 1. The lowest BCUT2D eigenvalue weighted by molar-refractivity contribution is -0.118. The number of carbonyl (C=O) groups is 2. The third kappa shape index (κ3) is 6.65. The molecule has 2 aromatic carbocycles. The molecule has 54 heavy (non-hydrogen) atoms. The highest BCUT2D eigenvalue weighted by molar-refractivity contribution is 7.90. The summed E-state index contributed by atoms with van der Waals surface area (Å²) < 4.78 is 43.3. The maximum Gasteiger partial charge on any atom is 0.258 e. The van der Waals surface area contributed by atoms with Crippen molar-refractivity contribution in [3.63, 3.8) is 0 Å². The molecule has 2 amide bonds. The van der Waals surface area contributed by atoms with Crippen molar-refractivity contribution in [2.24, 2.45) is 0 Å². The highest BCUT2D eigenvalue weighted by Gasteiger charge is 2.36. The Bertz CT molecular complexity index is 2250. The fraction of sp³-hybridized carbons (Fsp3) is 0.500. The predicted molar refractivity (Wildman–Crippen MR) is 210 cm³/mol. The summed E-state index contributed by atoms with van der Waals surface area (Å²) in [6.45, 7) is 7.65. The van der Waals surface area contributed by atoms with Gasteiger partial charge in [-0.3, -0.25) is 19.0 Å². The second-order valence-corrected chi connectivity index (χ2v) is 17.9. The normalized spacial score (nSPS) is 18.2. The molecule has 2 aliphatic heterocycles. The lowest BCUT2D eigenvalue weighted by Gasteiger charge is -2.30. The van der Waals surface area contributed by atoms with Crippen LogP contribution in [0.4, 0.5) is 0 Å². The number of hydrogen-bond donors (Lipinski definition) is 1. The minimum Gasteiger partial charge on any atom is -0.497 e. The Morgan fingerprint density at radius 3 is 2.43 bits per heavy atom. The number of nitrogens with zero attached hydrogens (tertiary/aromatic N) is 4. The van der Waals surface area contributed by atoms with Gasteiger partial charge in [-0.1, -0.05) is 31.4 Å². The number of amides is 2. The number of aryl methyl sites for hydroxylation is 1. The Morgan fingerprint density at radius 2 is 1.74 bits per heavy atom. The first-order valence-corrected chi connectivity index (χ1v) is 21.1. The standard InChI is InChI=1S/C42H51N5O6S/c1-26(2)54(50,51)44-37(48)22-28-13-15-35-36(21-28)46-25-31(23-30-24-33(52-4)14-16-34(30)41(46)39(35)29-9-6-5-7-10-29)40-38(42(49)45-17-19-53-20-18-45)27(3)43-47(40)32-11-8-12-32/h13-16,21,23-24,26,29,32H,5-12,17-20,22,25H2,1-4H3,(H,44,48). The molecule has 0 atom stereocenters. The van der Waals surface area contributed by atoms with E-state index in [1.807, 2.05) is 24.0 Å². The molecule has 4 aromatic rings. The number of benzene rings is 2. The monoisotopic (exact) mass is 753 g/mol. The number of sulfonamides is 1. The summed E-state index contributed by atoms with van der Waals surface area (Å²) in [6.07, 6.45) is 11.1. The van der Waals surface area contributed by atoms with Crippen LogP contribution in [0.2, 0.25) is 0 Å². The van der Waals surface area contributed by atoms with Gasteiger partial charge in [-0.25, -0.2) is 8.42 Å². The van der Waals surface area contributed by atoms with Crippen molar-refractivity contribution in [1.82, 2.24) is 24.0 Å². The average molecular weight is 754 g/mol. The Labute approximate surface area is 317 Å². The minimum absolute atomic E-state index is 0.0162.